The molecule has 0 bridgehead atoms. The van der Waals surface area contributed by atoms with Crippen molar-refractivity contribution in [3.63, 3.8) is 0 Å². The Balaban J connectivity index is 2.08. The second kappa shape index (κ2) is 5.83. The van der Waals surface area contributed by atoms with E-state index in [0.29, 0.717) is 5.56 Å². The minimum Gasteiger partial charge on any atom is -0.346 e. The SMILES string of the molecule is C[C@H](NC(=O)c1cccc(Br)c1)c1ccccc1. The van der Waals surface area contributed by atoms with Gasteiger partial charge in [-0.2, -0.15) is 0 Å². The fourth-order valence-electron chi connectivity index (χ4n) is 1.73. The van der Waals surface area contributed by atoms with Crippen LogP contribution in [0, 0.1) is 0 Å². The van der Waals surface area contributed by atoms with Gasteiger partial charge in [-0.3, -0.25) is 4.79 Å². The van der Waals surface area contributed by atoms with Gasteiger partial charge in [-0.25, -0.2) is 0 Å². The molecule has 1 amide bonds. The Hall–Kier alpha value is -1.61. The number of carbonyl (C=O) groups excluding carboxylic acids is 1. The molecule has 2 aromatic rings. The largest absolute Gasteiger partial charge is 0.346 e. The van der Waals surface area contributed by atoms with Gasteiger partial charge in [0.05, 0.1) is 6.04 Å². The molecule has 92 valence electrons. The predicted octanol–water partition coefficient (Wildman–Crippen LogP) is 3.94. The molecule has 0 spiro atoms. The van der Waals surface area contributed by atoms with Gasteiger partial charge in [-0.05, 0) is 30.7 Å². The van der Waals surface area contributed by atoms with Crippen LogP contribution in [0.3, 0.4) is 0 Å². The Labute approximate surface area is 115 Å². The highest BCUT2D eigenvalue weighted by Crippen LogP contribution is 2.15. The molecule has 0 aliphatic rings. The zero-order valence-corrected chi connectivity index (χ0v) is 11.6. The maximum atomic E-state index is 12.0. The Morgan fingerprint density at radius 2 is 1.83 bits per heavy atom. The molecule has 0 saturated heterocycles. The topological polar surface area (TPSA) is 29.1 Å². The Morgan fingerprint density at radius 1 is 1.11 bits per heavy atom. The molecule has 2 aromatic carbocycles. The predicted molar refractivity (Wildman–Crippen MR) is 76.5 cm³/mol. The van der Waals surface area contributed by atoms with E-state index in [4.69, 9.17) is 0 Å². The third kappa shape index (κ3) is 3.20. The summed E-state index contributed by atoms with van der Waals surface area (Å²) in [5.74, 6) is -0.0624. The molecule has 2 rings (SSSR count). The summed E-state index contributed by atoms with van der Waals surface area (Å²) in [6.07, 6.45) is 0. The molecule has 1 atom stereocenters. The molecule has 0 radical (unpaired) electrons. The fraction of sp³-hybridized carbons (Fsp3) is 0.133. The normalized spacial score (nSPS) is 11.9. The maximum Gasteiger partial charge on any atom is 0.251 e. The molecule has 3 heteroatoms. The van der Waals surface area contributed by atoms with Crippen molar-refractivity contribution in [1.29, 1.82) is 0 Å². The Bertz CT molecular complexity index is 539. The molecule has 1 N–H and O–H groups in total. The Morgan fingerprint density at radius 3 is 2.50 bits per heavy atom. The van der Waals surface area contributed by atoms with E-state index in [-0.39, 0.29) is 11.9 Å². The second-order valence-corrected chi connectivity index (χ2v) is 5.03. The van der Waals surface area contributed by atoms with Crippen LogP contribution in [-0.2, 0) is 0 Å². The number of rotatable bonds is 3. The van der Waals surface area contributed by atoms with Crippen LogP contribution in [0.4, 0.5) is 0 Å². The van der Waals surface area contributed by atoms with Gasteiger partial charge in [0.1, 0.15) is 0 Å². The lowest BCUT2D eigenvalue weighted by Gasteiger charge is -2.14. The van der Waals surface area contributed by atoms with Gasteiger partial charge >= 0.3 is 0 Å². The standard InChI is InChI=1S/C15H14BrNO/c1-11(12-6-3-2-4-7-12)17-15(18)13-8-5-9-14(16)10-13/h2-11H,1H3,(H,17,18)/t11-/m0/s1. The second-order valence-electron chi connectivity index (χ2n) is 4.12. The van der Waals surface area contributed by atoms with E-state index in [0.717, 1.165) is 10.0 Å². The Kier molecular flexibility index (Phi) is 4.15. The number of nitrogens with one attached hydrogen (secondary N) is 1. The summed E-state index contributed by atoms with van der Waals surface area (Å²) in [5.41, 5.74) is 1.76. The summed E-state index contributed by atoms with van der Waals surface area (Å²) in [6, 6.07) is 17.3. The minimum atomic E-state index is -0.0624. The van der Waals surface area contributed by atoms with E-state index < -0.39 is 0 Å². The fourth-order valence-corrected chi connectivity index (χ4v) is 2.13. The van der Waals surface area contributed by atoms with Crippen LogP contribution in [0.1, 0.15) is 28.9 Å². The summed E-state index contributed by atoms with van der Waals surface area (Å²) in [7, 11) is 0. The first-order chi connectivity index (χ1) is 8.66. The van der Waals surface area contributed by atoms with E-state index in [9.17, 15) is 4.79 Å². The summed E-state index contributed by atoms with van der Waals surface area (Å²) in [5, 5.41) is 2.98. The van der Waals surface area contributed by atoms with Crippen molar-refractivity contribution in [3.05, 3.63) is 70.2 Å². The first-order valence-electron chi connectivity index (χ1n) is 5.78. The van der Waals surface area contributed by atoms with Crippen LogP contribution in [-0.4, -0.2) is 5.91 Å². The number of benzene rings is 2. The highest BCUT2D eigenvalue weighted by molar-refractivity contribution is 9.10. The van der Waals surface area contributed by atoms with Crippen molar-refractivity contribution in [1.82, 2.24) is 5.32 Å². The lowest BCUT2D eigenvalue weighted by atomic mass is 10.1. The van der Waals surface area contributed by atoms with E-state index in [1.807, 2.05) is 55.5 Å². The molecular weight excluding hydrogens is 290 g/mol. The third-order valence-electron chi connectivity index (χ3n) is 2.73. The number of hydrogen-bond donors (Lipinski definition) is 1. The van der Waals surface area contributed by atoms with E-state index in [1.54, 1.807) is 6.07 Å². The number of halogens is 1. The lowest BCUT2D eigenvalue weighted by Crippen LogP contribution is -2.26. The summed E-state index contributed by atoms with van der Waals surface area (Å²) >= 11 is 3.36. The van der Waals surface area contributed by atoms with Gasteiger partial charge in [0.15, 0.2) is 0 Å². The van der Waals surface area contributed by atoms with Crippen molar-refractivity contribution in [3.8, 4) is 0 Å². The van der Waals surface area contributed by atoms with Crippen molar-refractivity contribution < 1.29 is 4.79 Å². The van der Waals surface area contributed by atoms with E-state index in [1.165, 1.54) is 0 Å². The molecule has 0 aliphatic carbocycles. The molecule has 0 fully saturated rings. The molecule has 0 unspecified atom stereocenters. The van der Waals surface area contributed by atoms with Gasteiger partial charge in [-0.1, -0.05) is 52.3 Å². The summed E-state index contributed by atoms with van der Waals surface area (Å²) in [4.78, 5) is 12.0. The van der Waals surface area contributed by atoms with Crippen LogP contribution < -0.4 is 5.32 Å². The van der Waals surface area contributed by atoms with Crippen LogP contribution in [0.15, 0.2) is 59.1 Å². The molecule has 0 aliphatic heterocycles. The smallest absolute Gasteiger partial charge is 0.251 e. The van der Waals surface area contributed by atoms with Gasteiger partial charge < -0.3 is 5.32 Å². The zero-order chi connectivity index (χ0) is 13.0. The van der Waals surface area contributed by atoms with Crippen molar-refractivity contribution in [2.45, 2.75) is 13.0 Å². The highest BCUT2D eigenvalue weighted by Gasteiger charge is 2.10. The molecular formula is C15H14BrNO. The monoisotopic (exact) mass is 303 g/mol. The number of carbonyl (C=O) groups is 1. The highest BCUT2D eigenvalue weighted by atomic mass is 79.9. The zero-order valence-electron chi connectivity index (χ0n) is 10.1. The van der Waals surface area contributed by atoms with Crippen LogP contribution in [0.2, 0.25) is 0 Å². The average molecular weight is 304 g/mol. The maximum absolute atomic E-state index is 12.0. The number of hydrogen-bond acceptors (Lipinski definition) is 1. The van der Waals surface area contributed by atoms with Gasteiger partial charge in [-0.15, -0.1) is 0 Å². The van der Waals surface area contributed by atoms with Gasteiger partial charge in [0, 0.05) is 10.0 Å². The van der Waals surface area contributed by atoms with Crippen molar-refractivity contribution >= 4 is 21.8 Å². The quantitative estimate of drug-likeness (QED) is 0.914. The van der Waals surface area contributed by atoms with Gasteiger partial charge in [0.25, 0.3) is 5.91 Å². The number of amides is 1. The molecule has 2 nitrogen and oxygen atoms in total. The molecule has 0 saturated carbocycles. The first-order valence-corrected chi connectivity index (χ1v) is 6.57. The summed E-state index contributed by atoms with van der Waals surface area (Å²) < 4.78 is 0.905. The molecule has 18 heavy (non-hydrogen) atoms. The first kappa shape index (κ1) is 12.8. The molecule has 0 aromatic heterocycles. The van der Waals surface area contributed by atoms with Gasteiger partial charge in [0.2, 0.25) is 0 Å². The van der Waals surface area contributed by atoms with Crippen LogP contribution >= 0.6 is 15.9 Å². The van der Waals surface area contributed by atoms with E-state index >= 15 is 0 Å². The minimum absolute atomic E-state index is 0.00215. The van der Waals surface area contributed by atoms with Crippen LogP contribution in [0.5, 0.6) is 0 Å². The van der Waals surface area contributed by atoms with Crippen LogP contribution in [0.25, 0.3) is 0 Å². The van der Waals surface area contributed by atoms with Crippen molar-refractivity contribution in [2.24, 2.45) is 0 Å². The lowest BCUT2D eigenvalue weighted by molar-refractivity contribution is 0.0940. The summed E-state index contributed by atoms with van der Waals surface area (Å²) in [6.45, 7) is 1.98. The third-order valence-corrected chi connectivity index (χ3v) is 3.23. The average Bonchev–Trinajstić information content (AvgIpc) is 2.39. The van der Waals surface area contributed by atoms with Crippen molar-refractivity contribution in [2.75, 3.05) is 0 Å². The van der Waals surface area contributed by atoms with E-state index in [2.05, 4.69) is 21.2 Å². The molecule has 0 heterocycles.